The summed E-state index contributed by atoms with van der Waals surface area (Å²) in [7, 11) is 0. The lowest BCUT2D eigenvalue weighted by atomic mass is 10.2. The van der Waals surface area contributed by atoms with Crippen molar-refractivity contribution in [3.63, 3.8) is 0 Å². The molecule has 2 aromatic heterocycles. The van der Waals surface area contributed by atoms with Gasteiger partial charge in [0.2, 0.25) is 0 Å². The van der Waals surface area contributed by atoms with E-state index in [0.29, 0.717) is 0 Å². The van der Waals surface area contributed by atoms with Gasteiger partial charge in [-0.2, -0.15) is 0 Å². The van der Waals surface area contributed by atoms with Gasteiger partial charge in [0.15, 0.2) is 0 Å². The molecule has 0 aliphatic heterocycles. The molecule has 0 bridgehead atoms. The minimum atomic E-state index is 0.289. The summed E-state index contributed by atoms with van der Waals surface area (Å²) in [5, 5.41) is 4.64. The lowest BCUT2D eigenvalue weighted by Crippen LogP contribution is -2.17. The molecule has 0 amide bonds. The third kappa shape index (κ3) is 3.37. The van der Waals surface area contributed by atoms with Crippen molar-refractivity contribution in [2.75, 3.05) is 0 Å². The summed E-state index contributed by atoms with van der Waals surface area (Å²) in [6.07, 6.45) is 4.96. The molecular weight excluding hydrogens is 242 g/mol. The summed E-state index contributed by atoms with van der Waals surface area (Å²) >= 11 is 1.79. The summed E-state index contributed by atoms with van der Waals surface area (Å²) in [5.41, 5.74) is 2.26. The van der Waals surface area contributed by atoms with Gasteiger partial charge in [0.05, 0.1) is 6.04 Å². The van der Waals surface area contributed by atoms with Crippen LogP contribution in [0.4, 0.5) is 0 Å². The van der Waals surface area contributed by atoms with Crippen molar-refractivity contribution >= 4 is 11.3 Å². The van der Waals surface area contributed by atoms with Crippen molar-refractivity contribution < 1.29 is 0 Å². The van der Waals surface area contributed by atoms with Crippen LogP contribution >= 0.6 is 11.3 Å². The predicted octanol–water partition coefficient (Wildman–Crippen LogP) is 3.26. The van der Waals surface area contributed by atoms with Crippen LogP contribution in [-0.4, -0.2) is 9.97 Å². The molecule has 0 aliphatic rings. The fourth-order valence-corrected chi connectivity index (χ4v) is 2.53. The van der Waals surface area contributed by atoms with E-state index in [1.165, 1.54) is 10.4 Å². The smallest absolute Gasteiger partial charge is 0.109 e. The van der Waals surface area contributed by atoms with Gasteiger partial charge < -0.3 is 5.32 Å². The SMILES string of the molecule is CCc1cnc(C(C)NCc2ccc(C)nc2)s1. The first-order valence-electron chi connectivity index (χ1n) is 6.28. The second-order valence-corrected chi connectivity index (χ2v) is 5.58. The Labute approximate surface area is 112 Å². The highest BCUT2D eigenvalue weighted by atomic mass is 32.1. The maximum Gasteiger partial charge on any atom is 0.109 e. The molecule has 1 unspecified atom stereocenters. The van der Waals surface area contributed by atoms with E-state index in [1.807, 2.05) is 25.4 Å². The van der Waals surface area contributed by atoms with Crippen molar-refractivity contribution in [2.45, 2.75) is 39.8 Å². The number of thiazole rings is 1. The zero-order valence-electron chi connectivity index (χ0n) is 11.1. The zero-order chi connectivity index (χ0) is 13.0. The lowest BCUT2D eigenvalue weighted by molar-refractivity contribution is 0.571. The molecule has 1 N–H and O–H groups in total. The Hall–Kier alpha value is -1.26. The van der Waals surface area contributed by atoms with Crippen molar-refractivity contribution in [1.82, 2.24) is 15.3 Å². The molecule has 0 spiro atoms. The Kier molecular flexibility index (Phi) is 4.44. The highest BCUT2D eigenvalue weighted by Crippen LogP contribution is 2.20. The summed E-state index contributed by atoms with van der Waals surface area (Å²) in [6.45, 7) is 7.14. The summed E-state index contributed by atoms with van der Waals surface area (Å²) in [4.78, 5) is 10.1. The quantitative estimate of drug-likeness (QED) is 0.897. The number of aryl methyl sites for hydroxylation is 2. The van der Waals surface area contributed by atoms with Crippen LogP contribution in [0.3, 0.4) is 0 Å². The summed E-state index contributed by atoms with van der Waals surface area (Å²) in [6, 6.07) is 4.44. The van der Waals surface area contributed by atoms with Gasteiger partial charge in [-0.1, -0.05) is 13.0 Å². The highest BCUT2D eigenvalue weighted by molar-refractivity contribution is 7.11. The van der Waals surface area contributed by atoms with E-state index in [-0.39, 0.29) is 6.04 Å². The van der Waals surface area contributed by atoms with E-state index < -0.39 is 0 Å². The Balaban J connectivity index is 1.91. The molecule has 0 radical (unpaired) electrons. The molecule has 0 fully saturated rings. The van der Waals surface area contributed by atoms with Crippen LogP contribution in [0.5, 0.6) is 0 Å². The third-order valence-electron chi connectivity index (χ3n) is 2.88. The molecule has 96 valence electrons. The molecule has 3 nitrogen and oxygen atoms in total. The van der Waals surface area contributed by atoms with E-state index >= 15 is 0 Å². The van der Waals surface area contributed by atoms with Crippen LogP contribution < -0.4 is 5.32 Å². The second-order valence-electron chi connectivity index (χ2n) is 4.43. The van der Waals surface area contributed by atoms with E-state index in [0.717, 1.165) is 23.7 Å². The maximum absolute atomic E-state index is 4.45. The molecule has 0 saturated carbocycles. The number of hydrogen-bond acceptors (Lipinski definition) is 4. The molecule has 2 heterocycles. The fourth-order valence-electron chi connectivity index (χ4n) is 1.65. The molecule has 18 heavy (non-hydrogen) atoms. The number of hydrogen-bond donors (Lipinski definition) is 1. The predicted molar refractivity (Wildman–Crippen MR) is 75.7 cm³/mol. The monoisotopic (exact) mass is 261 g/mol. The van der Waals surface area contributed by atoms with Gasteiger partial charge in [-0.15, -0.1) is 11.3 Å². The largest absolute Gasteiger partial charge is 0.304 e. The highest BCUT2D eigenvalue weighted by Gasteiger charge is 2.09. The van der Waals surface area contributed by atoms with Gasteiger partial charge in [0.25, 0.3) is 0 Å². The third-order valence-corrected chi connectivity index (χ3v) is 4.20. The van der Waals surface area contributed by atoms with Crippen LogP contribution in [0.25, 0.3) is 0 Å². The molecule has 2 rings (SSSR count). The standard InChI is InChI=1S/C14H19N3S/c1-4-13-9-17-14(18-13)11(3)16-8-12-6-5-10(2)15-7-12/h5-7,9,11,16H,4,8H2,1-3H3. The average molecular weight is 261 g/mol. The lowest BCUT2D eigenvalue weighted by Gasteiger charge is -2.10. The Morgan fingerprint density at radius 2 is 2.11 bits per heavy atom. The van der Waals surface area contributed by atoms with Gasteiger partial charge in [-0.3, -0.25) is 4.98 Å². The summed E-state index contributed by atoms with van der Waals surface area (Å²) < 4.78 is 0. The van der Waals surface area contributed by atoms with Gasteiger partial charge >= 0.3 is 0 Å². The molecular formula is C14H19N3S. The Bertz CT molecular complexity index is 490. The molecule has 1 atom stereocenters. The maximum atomic E-state index is 4.45. The van der Waals surface area contributed by atoms with E-state index in [4.69, 9.17) is 0 Å². The normalized spacial score (nSPS) is 12.6. The first-order chi connectivity index (χ1) is 8.69. The number of aromatic nitrogens is 2. The van der Waals surface area contributed by atoms with Crippen molar-refractivity contribution in [2.24, 2.45) is 0 Å². The molecule has 0 aliphatic carbocycles. The Morgan fingerprint density at radius 1 is 1.28 bits per heavy atom. The van der Waals surface area contributed by atoms with Gasteiger partial charge in [-0.25, -0.2) is 4.98 Å². The van der Waals surface area contributed by atoms with Gasteiger partial charge in [0, 0.05) is 29.5 Å². The molecule has 4 heteroatoms. The minimum absolute atomic E-state index is 0.289. The van der Waals surface area contributed by atoms with Crippen molar-refractivity contribution in [3.05, 3.63) is 45.7 Å². The Morgan fingerprint density at radius 3 is 2.72 bits per heavy atom. The van der Waals surface area contributed by atoms with Gasteiger partial charge in [-0.05, 0) is 31.9 Å². The van der Waals surface area contributed by atoms with Crippen LogP contribution in [0.15, 0.2) is 24.5 Å². The van der Waals surface area contributed by atoms with Crippen LogP contribution in [0.2, 0.25) is 0 Å². The number of nitrogens with one attached hydrogen (secondary N) is 1. The average Bonchev–Trinajstić information content (AvgIpc) is 2.86. The van der Waals surface area contributed by atoms with E-state index in [2.05, 4.69) is 35.2 Å². The summed E-state index contributed by atoms with van der Waals surface area (Å²) in [5.74, 6) is 0. The molecule has 0 saturated heterocycles. The number of rotatable bonds is 5. The number of nitrogens with zero attached hydrogens (tertiary/aromatic N) is 2. The number of pyridine rings is 1. The van der Waals surface area contributed by atoms with Crippen LogP contribution in [-0.2, 0) is 13.0 Å². The fraction of sp³-hybridized carbons (Fsp3) is 0.429. The zero-order valence-corrected chi connectivity index (χ0v) is 11.9. The van der Waals surface area contributed by atoms with Crippen molar-refractivity contribution in [3.8, 4) is 0 Å². The topological polar surface area (TPSA) is 37.8 Å². The molecule has 0 aromatic carbocycles. The van der Waals surface area contributed by atoms with Crippen LogP contribution in [0.1, 0.15) is 41.0 Å². The molecule has 2 aromatic rings. The first-order valence-corrected chi connectivity index (χ1v) is 7.10. The van der Waals surface area contributed by atoms with Crippen molar-refractivity contribution in [1.29, 1.82) is 0 Å². The minimum Gasteiger partial charge on any atom is -0.304 e. The second kappa shape index (κ2) is 6.07. The first kappa shape index (κ1) is 13.2. The van der Waals surface area contributed by atoms with Crippen LogP contribution in [0, 0.1) is 6.92 Å². The van der Waals surface area contributed by atoms with E-state index in [9.17, 15) is 0 Å². The van der Waals surface area contributed by atoms with E-state index in [1.54, 1.807) is 11.3 Å². The van der Waals surface area contributed by atoms with Gasteiger partial charge in [0.1, 0.15) is 5.01 Å².